The highest BCUT2D eigenvalue weighted by atomic mass is 35.5. The summed E-state index contributed by atoms with van der Waals surface area (Å²) in [6.07, 6.45) is 11.7. The Morgan fingerprint density at radius 3 is 2.49 bits per heavy atom. The van der Waals surface area contributed by atoms with Gasteiger partial charge in [-0.25, -0.2) is 13.2 Å². The fourth-order valence-corrected chi connectivity index (χ4v) is 10.9. The quantitative estimate of drug-likeness (QED) is 0.340. The number of carbonyl (C=O) groups is 4. The predicted octanol–water partition coefficient (Wildman–Crippen LogP) is 4.48. The van der Waals surface area contributed by atoms with Crippen molar-refractivity contribution < 1.29 is 37.1 Å². The molecule has 5 fully saturated rings. The van der Waals surface area contributed by atoms with Gasteiger partial charge in [0.1, 0.15) is 29.8 Å². The number of hydrogen-bond acceptors (Lipinski definition) is 9. The van der Waals surface area contributed by atoms with Gasteiger partial charge in [-0.2, -0.15) is 0 Å². The summed E-state index contributed by atoms with van der Waals surface area (Å²) < 4.78 is 41.9. The van der Waals surface area contributed by atoms with Gasteiger partial charge < -0.3 is 25.0 Å². The molecule has 4 aliphatic carbocycles. The summed E-state index contributed by atoms with van der Waals surface area (Å²) in [5, 5.41) is 6.56. The molecule has 2 aliphatic heterocycles. The Hall–Kier alpha value is -4.37. The van der Waals surface area contributed by atoms with Gasteiger partial charge >= 0.3 is 6.09 Å². The number of aromatic nitrogens is 1. The molecule has 4 amide bonds. The number of fused-ring (bicyclic) bond motifs is 5. The number of halogens is 1. The molecule has 0 radical (unpaired) electrons. The van der Waals surface area contributed by atoms with Crippen LogP contribution < -0.4 is 25.7 Å². The van der Waals surface area contributed by atoms with Crippen molar-refractivity contribution in [3.05, 3.63) is 64.4 Å². The predicted molar refractivity (Wildman–Crippen MR) is 212 cm³/mol. The first-order chi connectivity index (χ1) is 27.4. The highest BCUT2D eigenvalue weighted by Crippen LogP contribution is 2.46. The topological polar surface area (TPSA) is 182 Å². The maximum Gasteiger partial charge on any atom is 0.408 e. The second kappa shape index (κ2) is 15.8. The summed E-state index contributed by atoms with van der Waals surface area (Å²) in [4.78, 5) is 71.9. The van der Waals surface area contributed by atoms with Crippen molar-refractivity contribution in [2.45, 2.75) is 125 Å². The minimum absolute atomic E-state index is 0.0122. The van der Waals surface area contributed by atoms with E-state index < -0.39 is 68.7 Å². The van der Waals surface area contributed by atoms with Crippen LogP contribution in [0.3, 0.4) is 0 Å². The number of carbonyl (C=O) groups excluding carboxylic acids is 4. The lowest BCUT2D eigenvalue weighted by Crippen LogP contribution is -2.59. The van der Waals surface area contributed by atoms with Gasteiger partial charge in [0.25, 0.3) is 11.5 Å². The van der Waals surface area contributed by atoms with Crippen molar-refractivity contribution in [1.29, 1.82) is 0 Å². The molecule has 16 heteroatoms. The van der Waals surface area contributed by atoms with Gasteiger partial charge in [-0.3, -0.25) is 28.5 Å². The zero-order chi connectivity index (χ0) is 40.1. The van der Waals surface area contributed by atoms with E-state index in [4.69, 9.17) is 21.1 Å². The van der Waals surface area contributed by atoms with Crippen LogP contribution in [0.4, 0.5) is 4.79 Å². The molecule has 1 aromatic carbocycles. The first-order valence-electron chi connectivity index (χ1n) is 20.3. The molecule has 1 aromatic heterocycles. The van der Waals surface area contributed by atoms with Gasteiger partial charge in [-0.1, -0.05) is 42.7 Å². The highest BCUT2D eigenvalue weighted by molar-refractivity contribution is 7.91. The Labute approximate surface area is 336 Å². The lowest BCUT2D eigenvalue weighted by molar-refractivity contribution is -0.142. The Kier molecular flexibility index (Phi) is 10.9. The Bertz CT molecular complexity index is 2170. The van der Waals surface area contributed by atoms with E-state index in [1.165, 1.54) is 11.0 Å². The molecule has 2 aromatic rings. The van der Waals surface area contributed by atoms with E-state index in [0.29, 0.717) is 67.3 Å². The van der Waals surface area contributed by atoms with Crippen molar-refractivity contribution in [3.8, 4) is 5.88 Å². The first-order valence-corrected chi connectivity index (χ1v) is 22.2. The van der Waals surface area contributed by atoms with Crippen LogP contribution in [-0.4, -0.2) is 83.3 Å². The van der Waals surface area contributed by atoms with E-state index in [-0.39, 0.29) is 48.8 Å². The SMILES string of the molecule is C=C[C@@H]1C[C@]1(NC(=O)[C@@H]1C[C@@H]2CN1C(=O)[C@H](C1CCCC1)NC(=O)O[C@@H]1CCC[C@H]1CC=CCCn1c(cc3cc(Cl)ccc3c1=O)O2)C(=O)NS(=O)(=O)C1CC1. The third-order valence-corrected chi connectivity index (χ3v) is 14.9. The van der Waals surface area contributed by atoms with Crippen LogP contribution in [0, 0.1) is 17.8 Å². The average molecular weight is 824 g/mol. The molecular formula is C41H50ClN5O9S. The normalized spacial score (nSPS) is 30.9. The van der Waals surface area contributed by atoms with Crippen molar-refractivity contribution >= 4 is 56.2 Å². The zero-order valence-electron chi connectivity index (χ0n) is 31.8. The largest absolute Gasteiger partial charge is 0.473 e. The van der Waals surface area contributed by atoms with E-state index in [0.717, 1.165) is 25.7 Å². The lowest BCUT2D eigenvalue weighted by atomic mass is 9.96. The molecule has 6 aliphatic rings. The van der Waals surface area contributed by atoms with Gasteiger partial charge in [0, 0.05) is 35.4 Å². The number of sulfonamides is 1. The molecule has 0 unspecified atom stereocenters. The molecule has 0 spiro atoms. The molecule has 4 saturated carbocycles. The Balaban J connectivity index is 1.15. The van der Waals surface area contributed by atoms with E-state index in [2.05, 4.69) is 28.0 Å². The second-order valence-electron chi connectivity index (χ2n) is 16.6. The van der Waals surface area contributed by atoms with E-state index in [1.807, 2.05) is 6.08 Å². The fourth-order valence-electron chi connectivity index (χ4n) is 9.35. The van der Waals surface area contributed by atoms with Gasteiger partial charge in [-0.15, -0.1) is 6.58 Å². The zero-order valence-corrected chi connectivity index (χ0v) is 33.4. The van der Waals surface area contributed by atoms with Gasteiger partial charge in [0.2, 0.25) is 21.8 Å². The highest BCUT2D eigenvalue weighted by Gasteiger charge is 2.62. The summed E-state index contributed by atoms with van der Waals surface area (Å²) in [7, 11) is -3.92. The summed E-state index contributed by atoms with van der Waals surface area (Å²) >= 11 is 6.34. The van der Waals surface area contributed by atoms with Gasteiger partial charge in [0.15, 0.2) is 5.88 Å². The molecule has 14 nitrogen and oxygen atoms in total. The van der Waals surface area contributed by atoms with Crippen molar-refractivity contribution in [2.24, 2.45) is 17.8 Å². The number of benzene rings is 1. The lowest BCUT2D eigenvalue weighted by Gasteiger charge is -2.32. The van der Waals surface area contributed by atoms with Crippen LogP contribution in [0.25, 0.3) is 10.8 Å². The van der Waals surface area contributed by atoms with Crippen molar-refractivity contribution in [2.75, 3.05) is 6.54 Å². The van der Waals surface area contributed by atoms with E-state index in [1.54, 1.807) is 28.8 Å². The molecular weight excluding hydrogens is 774 g/mol. The van der Waals surface area contributed by atoms with Crippen molar-refractivity contribution in [3.63, 3.8) is 0 Å². The summed E-state index contributed by atoms with van der Waals surface area (Å²) in [5.41, 5.74) is -1.84. The number of rotatable bonds is 7. The molecule has 57 heavy (non-hydrogen) atoms. The van der Waals surface area contributed by atoms with Crippen LogP contribution in [-0.2, 0) is 35.7 Å². The number of nitrogens with one attached hydrogen (secondary N) is 3. The summed E-state index contributed by atoms with van der Waals surface area (Å²) in [6.45, 7) is 4.03. The molecule has 306 valence electrons. The molecule has 7 atom stereocenters. The number of hydrogen-bond donors (Lipinski definition) is 3. The first kappa shape index (κ1) is 39.5. The van der Waals surface area contributed by atoms with Crippen molar-refractivity contribution in [1.82, 2.24) is 24.8 Å². The number of ether oxygens (including phenoxy) is 2. The number of pyridine rings is 1. The monoisotopic (exact) mass is 823 g/mol. The average Bonchev–Trinajstić information content (AvgIpc) is 3.96. The maximum absolute atomic E-state index is 14.9. The third-order valence-electron chi connectivity index (χ3n) is 12.8. The van der Waals surface area contributed by atoms with E-state index >= 15 is 0 Å². The fraction of sp³-hybridized carbons (Fsp3) is 0.585. The summed E-state index contributed by atoms with van der Waals surface area (Å²) in [6, 6.07) is 4.61. The molecule has 3 heterocycles. The smallest absolute Gasteiger partial charge is 0.408 e. The number of allylic oxidation sites excluding steroid dienone is 2. The number of alkyl carbamates (subject to hydrolysis) is 1. The van der Waals surface area contributed by atoms with Crippen LogP contribution in [0.15, 0.2) is 53.9 Å². The molecule has 8 rings (SSSR count). The summed E-state index contributed by atoms with van der Waals surface area (Å²) in [5.74, 6) is -2.37. The van der Waals surface area contributed by atoms with E-state index in [9.17, 15) is 32.4 Å². The van der Waals surface area contributed by atoms with Crippen LogP contribution in [0.5, 0.6) is 5.88 Å². The second-order valence-corrected chi connectivity index (χ2v) is 19.0. The number of nitrogens with zero attached hydrogens (tertiary/aromatic N) is 2. The standard InChI is InChI=1S/C41H50ClN5O9S/c1-2-27-22-41(27,39(51)45-57(53,54)30-15-16-30)44-36(48)32-21-29-23-47(32)38(50)35(25-10-5-6-11-25)43-40(52)56-33-13-8-12-24(33)9-4-3-7-18-46-34(55-29)20-26-19-28(42)14-17-31(26)37(46)49/h2-4,14,17,19-20,24-25,27,29-30,32-33,35H,1,5-13,15-16,18,21-23H2,(H,43,52)(H,44,48)(H,45,51)/t24-,27-,29-,32+,33-,35+,41-/m1/s1. The van der Waals surface area contributed by atoms with Gasteiger partial charge in [-0.05, 0) is 99.6 Å². The minimum Gasteiger partial charge on any atom is -0.473 e. The maximum atomic E-state index is 14.9. The number of amides is 4. The Morgan fingerprint density at radius 1 is 0.982 bits per heavy atom. The van der Waals surface area contributed by atoms with Crippen LogP contribution in [0.2, 0.25) is 5.02 Å². The Morgan fingerprint density at radius 2 is 1.75 bits per heavy atom. The molecule has 2 bridgehead atoms. The van der Waals surface area contributed by atoms with Gasteiger partial charge in [0.05, 0.1) is 11.8 Å². The molecule has 1 saturated heterocycles. The molecule has 3 N–H and O–H groups in total. The van der Waals surface area contributed by atoms with Crippen LogP contribution in [0.1, 0.15) is 83.5 Å². The third kappa shape index (κ3) is 8.06. The minimum atomic E-state index is -3.92. The van der Waals surface area contributed by atoms with Crippen LogP contribution >= 0.6 is 11.6 Å².